The van der Waals surface area contributed by atoms with Crippen LogP contribution in [0.15, 0.2) is 18.6 Å². The van der Waals surface area contributed by atoms with E-state index in [4.69, 9.17) is 5.11 Å². The van der Waals surface area contributed by atoms with Crippen molar-refractivity contribution >= 4 is 5.97 Å². The van der Waals surface area contributed by atoms with Crippen LogP contribution in [0.3, 0.4) is 0 Å². The van der Waals surface area contributed by atoms with Gasteiger partial charge in [-0.3, -0.25) is 4.79 Å². The van der Waals surface area contributed by atoms with Gasteiger partial charge in [0.15, 0.2) is 5.82 Å². The first-order valence-corrected chi connectivity index (χ1v) is 6.32. The summed E-state index contributed by atoms with van der Waals surface area (Å²) >= 11 is 0. The lowest BCUT2D eigenvalue weighted by molar-refractivity contribution is -0.141. The van der Waals surface area contributed by atoms with E-state index in [9.17, 15) is 4.79 Å². The molecule has 2 rings (SSSR count). The molecule has 20 heavy (non-hydrogen) atoms. The van der Waals surface area contributed by atoms with Crippen molar-refractivity contribution in [3.63, 3.8) is 0 Å². The third-order valence-electron chi connectivity index (χ3n) is 3.16. The summed E-state index contributed by atoms with van der Waals surface area (Å²) in [6.45, 7) is 5.41. The van der Waals surface area contributed by atoms with Crippen molar-refractivity contribution in [3.05, 3.63) is 35.5 Å². The van der Waals surface area contributed by atoms with Crippen molar-refractivity contribution in [2.24, 2.45) is 5.92 Å². The van der Waals surface area contributed by atoms with E-state index >= 15 is 0 Å². The standard InChI is InChI=1S/C14H16N4O2/c1-8(14(19)20)6-11-9(2)17-13(18-10(11)3)12-4-5-15-7-16-12/h4-5,7-8H,6H2,1-3H3,(H,19,20). The highest BCUT2D eigenvalue weighted by Gasteiger charge is 2.17. The molecule has 1 N–H and O–H groups in total. The van der Waals surface area contributed by atoms with Crippen LogP contribution in [0.25, 0.3) is 11.5 Å². The average molecular weight is 272 g/mol. The lowest BCUT2D eigenvalue weighted by Crippen LogP contribution is -2.15. The van der Waals surface area contributed by atoms with E-state index in [-0.39, 0.29) is 0 Å². The first-order valence-electron chi connectivity index (χ1n) is 6.32. The molecule has 0 spiro atoms. The SMILES string of the molecule is Cc1nc(-c2ccncn2)nc(C)c1CC(C)C(=O)O. The molecular weight excluding hydrogens is 256 g/mol. The monoisotopic (exact) mass is 272 g/mol. The number of carbonyl (C=O) groups is 1. The number of carboxylic acids is 1. The zero-order valence-electron chi connectivity index (χ0n) is 11.7. The summed E-state index contributed by atoms with van der Waals surface area (Å²) in [5.74, 6) is -0.737. The molecule has 6 heteroatoms. The topological polar surface area (TPSA) is 88.9 Å². The Hall–Kier alpha value is -2.37. The van der Waals surface area contributed by atoms with Crippen LogP contribution >= 0.6 is 0 Å². The maximum absolute atomic E-state index is 11.0. The van der Waals surface area contributed by atoms with E-state index in [1.165, 1.54) is 6.33 Å². The molecule has 0 saturated heterocycles. The van der Waals surface area contributed by atoms with Crippen molar-refractivity contribution < 1.29 is 9.90 Å². The number of nitrogens with zero attached hydrogens (tertiary/aromatic N) is 4. The summed E-state index contributed by atoms with van der Waals surface area (Å²) in [4.78, 5) is 27.8. The van der Waals surface area contributed by atoms with Crippen LogP contribution in [0, 0.1) is 19.8 Å². The molecule has 1 unspecified atom stereocenters. The van der Waals surface area contributed by atoms with E-state index in [0.29, 0.717) is 17.9 Å². The normalized spacial score (nSPS) is 12.2. The molecule has 0 radical (unpaired) electrons. The Bertz CT molecular complexity index is 605. The number of hydrogen-bond acceptors (Lipinski definition) is 5. The maximum atomic E-state index is 11.0. The van der Waals surface area contributed by atoms with Gasteiger partial charge in [-0.1, -0.05) is 6.92 Å². The average Bonchev–Trinajstić information content (AvgIpc) is 2.43. The largest absolute Gasteiger partial charge is 0.481 e. The Kier molecular flexibility index (Phi) is 4.02. The van der Waals surface area contributed by atoms with Crippen molar-refractivity contribution in [2.75, 3.05) is 0 Å². The van der Waals surface area contributed by atoms with Crippen LogP contribution in [-0.2, 0) is 11.2 Å². The van der Waals surface area contributed by atoms with Crippen molar-refractivity contribution in [3.8, 4) is 11.5 Å². The molecule has 2 aromatic heterocycles. The van der Waals surface area contributed by atoms with Gasteiger partial charge in [-0.25, -0.2) is 19.9 Å². The van der Waals surface area contributed by atoms with Gasteiger partial charge in [0.05, 0.1) is 5.92 Å². The minimum Gasteiger partial charge on any atom is -0.481 e. The predicted octanol–water partition coefficient (Wildman–Crippen LogP) is 1.81. The van der Waals surface area contributed by atoms with Gasteiger partial charge in [0.25, 0.3) is 0 Å². The van der Waals surface area contributed by atoms with Crippen LogP contribution in [0.2, 0.25) is 0 Å². The maximum Gasteiger partial charge on any atom is 0.306 e. The molecule has 0 fully saturated rings. The van der Waals surface area contributed by atoms with E-state index in [0.717, 1.165) is 17.0 Å². The molecule has 0 bridgehead atoms. The molecule has 0 aliphatic rings. The van der Waals surface area contributed by atoms with Gasteiger partial charge in [0.2, 0.25) is 0 Å². The Labute approximate surface area is 117 Å². The van der Waals surface area contributed by atoms with E-state index in [2.05, 4.69) is 19.9 Å². The smallest absolute Gasteiger partial charge is 0.306 e. The third-order valence-corrected chi connectivity index (χ3v) is 3.16. The molecule has 0 aromatic carbocycles. The molecule has 0 amide bonds. The second-order valence-corrected chi connectivity index (χ2v) is 4.73. The minimum absolute atomic E-state index is 0.428. The summed E-state index contributed by atoms with van der Waals surface area (Å²) < 4.78 is 0. The Morgan fingerprint density at radius 2 is 1.95 bits per heavy atom. The Morgan fingerprint density at radius 3 is 2.45 bits per heavy atom. The fourth-order valence-electron chi connectivity index (χ4n) is 1.97. The Morgan fingerprint density at radius 1 is 1.30 bits per heavy atom. The molecule has 0 aliphatic carbocycles. The quantitative estimate of drug-likeness (QED) is 0.913. The number of carboxylic acid groups (broad SMARTS) is 1. The van der Waals surface area contributed by atoms with Gasteiger partial charge in [-0.15, -0.1) is 0 Å². The van der Waals surface area contributed by atoms with Crippen LogP contribution in [0.4, 0.5) is 0 Å². The highest BCUT2D eigenvalue weighted by atomic mass is 16.4. The lowest BCUT2D eigenvalue weighted by atomic mass is 9.99. The molecule has 2 aromatic rings. The number of hydrogen-bond donors (Lipinski definition) is 1. The van der Waals surface area contributed by atoms with E-state index in [1.807, 2.05) is 13.8 Å². The number of aryl methyl sites for hydroxylation is 2. The summed E-state index contributed by atoms with van der Waals surface area (Å²) in [6, 6.07) is 1.74. The van der Waals surface area contributed by atoms with Gasteiger partial charge in [0.1, 0.15) is 12.0 Å². The molecule has 104 valence electrons. The van der Waals surface area contributed by atoms with Gasteiger partial charge >= 0.3 is 5.97 Å². The van der Waals surface area contributed by atoms with Crippen molar-refractivity contribution in [2.45, 2.75) is 27.2 Å². The van der Waals surface area contributed by atoms with Crippen molar-refractivity contribution in [1.29, 1.82) is 0 Å². The van der Waals surface area contributed by atoms with Crippen LogP contribution in [-0.4, -0.2) is 31.0 Å². The molecule has 0 aliphatic heterocycles. The fraction of sp³-hybridized carbons (Fsp3) is 0.357. The fourth-order valence-corrected chi connectivity index (χ4v) is 1.97. The summed E-state index contributed by atoms with van der Waals surface area (Å²) in [7, 11) is 0. The molecular formula is C14H16N4O2. The first kappa shape index (κ1) is 14.0. The van der Waals surface area contributed by atoms with Crippen molar-refractivity contribution in [1.82, 2.24) is 19.9 Å². The van der Waals surface area contributed by atoms with Crippen LogP contribution in [0.1, 0.15) is 23.9 Å². The summed E-state index contributed by atoms with van der Waals surface area (Å²) in [5, 5.41) is 9.00. The van der Waals surface area contributed by atoms with Gasteiger partial charge in [-0.05, 0) is 31.9 Å². The zero-order chi connectivity index (χ0) is 14.7. The van der Waals surface area contributed by atoms with Gasteiger partial charge in [0, 0.05) is 17.6 Å². The van der Waals surface area contributed by atoms with Gasteiger partial charge < -0.3 is 5.11 Å². The first-order chi connectivity index (χ1) is 9.49. The number of rotatable bonds is 4. The summed E-state index contributed by atoms with van der Waals surface area (Å²) in [6.07, 6.45) is 3.51. The Balaban J connectivity index is 2.37. The van der Waals surface area contributed by atoms with Gasteiger partial charge in [-0.2, -0.15) is 0 Å². The highest BCUT2D eigenvalue weighted by molar-refractivity contribution is 5.70. The zero-order valence-corrected chi connectivity index (χ0v) is 11.7. The third kappa shape index (κ3) is 2.96. The predicted molar refractivity (Wildman–Crippen MR) is 73.0 cm³/mol. The van der Waals surface area contributed by atoms with Crippen LogP contribution < -0.4 is 0 Å². The highest BCUT2D eigenvalue weighted by Crippen LogP contribution is 2.19. The van der Waals surface area contributed by atoms with Crippen LogP contribution in [0.5, 0.6) is 0 Å². The molecule has 1 atom stereocenters. The molecule has 0 saturated carbocycles. The summed E-state index contributed by atoms with van der Waals surface area (Å²) in [5.41, 5.74) is 3.13. The molecule has 6 nitrogen and oxygen atoms in total. The second-order valence-electron chi connectivity index (χ2n) is 4.73. The van der Waals surface area contributed by atoms with E-state index < -0.39 is 11.9 Å². The lowest BCUT2D eigenvalue weighted by Gasteiger charge is -2.12. The number of aliphatic carboxylic acids is 1. The molecule has 2 heterocycles. The number of aromatic nitrogens is 4. The second kappa shape index (κ2) is 5.73. The minimum atomic E-state index is -0.816. The van der Waals surface area contributed by atoms with E-state index in [1.54, 1.807) is 19.2 Å².